The van der Waals surface area contributed by atoms with E-state index in [0.29, 0.717) is 42.8 Å². The van der Waals surface area contributed by atoms with Gasteiger partial charge in [0.05, 0.1) is 11.2 Å². The molecule has 184 valence electrons. The molecule has 2 aromatic rings. The standard InChI is InChI=1S/C28H33FN4O2/c1-18-8-10-23(29)20(14-18)6-4-7-27(34)32-21-9-11-24(19(2)15-21)35-22-16-25(33-26(30)17-22)28(3)12-5-13-31-28/h5,8-11,13-14,16-17,19,31H,4,6-7,12,15H2,1-3H3,(H2,30,33)(H,32,34). The van der Waals surface area contributed by atoms with Gasteiger partial charge in [0.1, 0.15) is 23.1 Å². The van der Waals surface area contributed by atoms with Crippen molar-refractivity contribution in [1.82, 2.24) is 15.6 Å². The molecule has 1 aliphatic carbocycles. The van der Waals surface area contributed by atoms with Gasteiger partial charge in [-0.25, -0.2) is 9.37 Å². The molecule has 4 rings (SSSR count). The number of pyridine rings is 1. The van der Waals surface area contributed by atoms with Gasteiger partial charge in [-0.1, -0.05) is 30.7 Å². The zero-order valence-electron chi connectivity index (χ0n) is 20.5. The summed E-state index contributed by atoms with van der Waals surface area (Å²) in [4.78, 5) is 16.9. The predicted molar refractivity (Wildman–Crippen MR) is 136 cm³/mol. The summed E-state index contributed by atoms with van der Waals surface area (Å²) >= 11 is 0. The number of nitrogens with one attached hydrogen (secondary N) is 2. The Morgan fingerprint density at radius 1 is 1.31 bits per heavy atom. The number of hydrogen-bond donors (Lipinski definition) is 3. The number of halogens is 1. The minimum absolute atomic E-state index is 0.0632. The van der Waals surface area contributed by atoms with Gasteiger partial charge in [0.25, 0.3) is 0 Å². The minimum atomic E-state index is -0.303. The first kappa shape index (κ1) is 24.5. The third-order valence-electron chi connectivity index (χ3n) is 6.48. The number of ether oxygens (including phenoxy) is 1. The van der Waals surface area contributed by atoms with Gasteiger partial charge in [0.2, 0.25) is 5.91 Å². The molecule has 1 aromatic heterocycles. The Labute approximate surface area is 206 Å². The minimum Gasteiger partial charge on any atom is -0.461 e. The molecule has 1 aromatic carbocycles. The molecule has 0 saturated heterocycles. The fraction of sp³-hybridized carbons (Fsp3) is 0.357. The number of allylic oxidation sites excluding steroid dienone is 4. The van der Waals surface area contributed by atoms with Crippen LogP contribution in [0, 0.1) is 18.7 Å². The number of nitrogens with zero attached hydrogens (tertiary/aromatic N) is 1. The van der Waals surface area contributed by atoms with Crippen LogP contribution in [-0.2, 0) is 16.8 Å². The number of aryl methyl sites for hydroxylation is 2. The van der Waals surface area contributed by atoms with Crippen LogP contribution in [0.2, 0.25) is 0 Å². The van der Waals surface area contributed by atoms with Crippen molar-refractivity contribution in [2.75, 3.05) is 5.73 Å². The van der Waals surface area contributed by atoms with Gasteiger partial charge >= 0.3 is 0 Å². The lowest BCUT2D eigenvalue weighted by atomic mass is 9.95. The molecule has 1 aliphatic heterocycles. The Balaban J connectivity index is 1.34. The van der Waals surface area contributed by atoms with Gasteiger partial charge in [-0.2, -0.15) is 0 Å². The van der Waals surface area contributed by atoms with Crippen LogP contribution in [0.25, 0.3) is 0 Å². The molecule has 2 atom stereocenters. The lowest BCUT2D eigenvalue weighted by Gasteiger charge is -2.26. The molecule has 6 nitrogen and oxygen atoms in total. The van der Waals surface area contributed by atoms with E-state index in [-0.39, 0.29) is 23.2 Å². The summed E-state index contributed by atoms with van der Waals surface area (Å²) in [5.74, 6) is 1.65. The highest BCUT2D eigenvalue weighted by molar-refractivity contribution is 5.77. The monoisotopic (exact) mass is 476 g/mol. The van der Waals surface area contributed by atoms with Gasteiger partial charge in [0.15, 0.2) is 0 Å². The molecular formula is C28H33FN4O2. The summed E-state index contributed by atoms with van der Waals surface area (Å²) < 4.78 is 20.1. The fourth-order valence-corrected chi connectivity index (χ4v) is 4.43. The summed E-state index contributed by atoms with van der Waals surface area (Å²) in [5, 5.41) is 6.32. The van der Waals surface area contributed by atoms with E-state index >= 15 is 0 Å². The zero-order valence-corrected chi connectivity index (χ0v) is 20.5. The SMILES string of the molecule is Cc1ccc(F)c(CCCC(=O)NC2=CC=C(Oc3cc(N)nc(C4(C)CC=CN4)c3)C(C)C2)c1. The molecule has 0 fully saturated rings. The topological polar surface area (TPSA) is 89.3 Å². The highest BCUT2D eigenvalue weighted by Crippen LogP contribution is 2.33. The van der Waals surface area contributed by atoms with Crippen LogP contribution in [-0.4, -0.2) is 10.9 Å². The zero-order chi connectivity index (χ0) is 25.0. The van der Waals surface area contributed by atoms with E-state index in [2.05, 4.69) is 35.5 Å². The van der Waals surface area contributed by atoms with Crippen molar-refractivity contribution in [2.24, 2.45) is 5.92 Å². The quantitative estimate of drug-likeness (QED) is 0.490. The molecular weight excluding hydrogens is 443 g/mol. The van der Waals surface area contributed by atoms with Gasteiger partial charge in [-0.3, -0.25) is 4.79 Å². The second-order valence-electron chi connectivity index (χ2n) is 9.66. The van der Waals surface area contributed by atoms with Crippen LogP contribution in [0.15, 0.2) is 66.2 Å². The van der Waals surface area contributed by atoms with Crippen molar-refractivity contribution < 1.29 is 13.9 Å². The van der Waals surface area contributed by atoms with Crippen LogP contribution >= 0.6 is 0 Å². The van der Waals surface area contributed by atoms with Crippen LogP contribution in [0.3, 0.4) is 0 Å². The van der Waals surface area contributed by atoms with Crippen molar-refractivity contribution in [2.45, 2.75) is 58.4 Å². The maximum absolute atomic E-state index is 13.9. The maximum Gasteiger partial charge on any atom is 0.224 e. The number of carbonyl (C=O) groups is 1. The summed E-state index contributed by atoms with van der Waals surface area (Å²) in [6.07, 6.45) is 10.7. The van der Waals surface area contributed by atoms with E-state index in [4.69, 9.17) is 10.5 Å². The van der Waals surface area contributed by atoms with Gasteiger partial charge in [0, 0.05) is 30.2 Å². The van der Waals surface area contributed by atoms with Crippen molar-refractivity contribution in [1.29, 1.82) is 0 Å². The number of nitrogen functional groups attached to an aromatic ring is 1. The van der Waals surface area contributed by atoms with Crippen molar-refractivity contribution in [3.05, 3.63) is 88.9 Å². The Kier molecular flexibility index (Phi) is 7.24. The number of anilines is 1. The van der Waals surface area contributed by atoms with Gasteiger partial charge in [-0.15, -0.1) is 0 Å². The molecule has 35 heavy (non-hydrogen) atoms. The maximum atomic E-state index is 13.9. The first-order valence-electron chi connectivity index (χ1n) is 12.1. The molecule has 7 heteroatoms. The van der Waals surface area contributed by atoms with E-state index in [0.717, 1.165) is 29.1 Å². The highest BCUT2D eigenvalue weighted by atomic mass is 19.1. The van der Waals surface area contributed by atoms with E-state index in [1.165, 1.54) is 6.07 Å². The Hall–Kier alpha value is -3.61. The number of rotatable bonds is 8. The molecule has 4 N–H and O–H groups in total. The molecule has 0 spiro atoms. The van der Waals surface area contributed by atoms with Crippen LogP contribution in [0.5, 0.6) is 5.75 Å². The third kappa shape index (κ3) is 6.10. The van der Waals surface area contributed by atoms with Crippen LogP contribution in [0.1, 0.15) is 56.4 Å². The second kappa shape index (κ2) is 10.3. The fourth-order valence-electron chi connectivity index (χ4n) is 4.43. The lowest BCUT2D eigenvalue weighted by molar-refractivity contribution is -0.120. The number of nitrogens with two attached hydrogens (primary N) is 1. The van der Waals surface area contributed by atoms with Crippen LogP contribution < -0.4 is 21.1 Å². The summed E-state index contributed by atoms with van der Waals surface area (Å²) in [7, 11) is 0. The van der Waals surface area contributed by atoms with E-state index < -0.39 is 0 Å². The molecule has 0 bridgehead atoms. The van der Waals surface area contributed by atoms with Crippen molar-refractivity contribution in [3.8, 4) is 5.75 Å². The number of hydrogen-bond acceptors (Lipinski definition) is 5. The Bertz CT molecular complexity index is 1190. The average molecular weight is 477 g/mol. The van der Waals surface area contributed by atoms with Gasteiger partial charge in [-0.05, 0) is 69.5 Å². The smallest absolute Gasteiger partial charge is 0.224 e. The summed E-state index contributed by atoms with van der Waals surface area (Å²) in [6, 6.07) is 8.71. The summed E-state index contributed by atoms with van der Waals surface area (Å²) in [5.41, 5.74) is 9.10. The number of carbonyl (C=O) groups excluding carboxylic acids is 1. The molecule has 0 radical (unpaired) electrons. The number of benzene rings is 1. The van der Waals surface area contributed by atoms with E-state index in [1.54, 1.807) is 12.1 Å². The molecule has 1 amide bonds. The first-order chi connectivity index (χ1) is 16.7. The lowest BCUT2D eigenvalue weighted by Crippen LogP contribution is -2.33. The van der Waals surface area contributed by atoms with Crippen molar-refractivity contribution in [3.63, 3.8) is 0 Å². The average Bonchev–Trinajstić information content (AvgIpc) is 3.25. The summed E-state index contributed by atoms with van der Waals surface area (Å²) in [6.45, 7) is 6.07. The first-order valence-corrected chi connectivity index (χ1v) is 12.1. The predicted octanol–water partition coefficient (Wildman–Crippen LogP) is 5.16. The third-order valence-corrected chi connectivity index (χ3v) is 6.48. The number of aromatic nitrogens is 1. The van der Waals surface area contributed by atoms with E-state index in [9.17, 15) is 9.18 Å². The Morgan fingerprint density at radius 2 is 2.14 bits per heavy atom. The van der Waals surface area contributed by atoms with Gasteiger partial charge < -0.3 is 21.1 Å². The Morgan fingerprint density at radius 3 is 2.89 bits per heavy atom. The normalized spacial score (nSPS) is 21.2. The number of amides is 1. The van der Waals surface area contributed by atoms with E-state index in [1.807, 2.05) is 37.4 Å². The largest absolute Gasteiger partial charge is 0.461 e. The van der Waals surface area contributed by atoms with Crippen molar-refractivity contribution >= 4 is 11.7 Å². The van der Waals surface area contributed by atoms with Crippen LogP contribution in [0.4, 0.5) is 10.2 Å². The molecule has 0 saturated carbocycles. The molecule has 2 aliphatic rings. The highest BCUT2D eigenvalue weighted by Gasteiger charge is 2.29. The molecule has 2 heterocycles. The molecule has 2 unspecified atom stereocenters. The second-order valence-corrected chi connectivity index (χ2v) is 9.66.